The van der Waals surface area contributed by atoms with Gasteiger partial charge in [0.2, 0.25) is 5.91 Å². The number of fused-ring (bicyclic) bond motifs is 1. The zero-order chi connectivity index (χ0) is 25.6. The average molecular weight is 498 g/mol. The molecule has 1 aromatic heterocycles. The molecule has 5 nitrogen and oxygen atoms in total. The molecule has 0 bridgehead atoms. The monoisotopic (exact) mass is 497 g/mol. The number of allylic oxidation sites excluding steroid dienone is 1. The Labute approximate surface area is 217 Å². The van der Waals surface area contributed by atoms with E-state index in [4.69, 9.17) is 9.72 Å². The van der Waals surface area contributed by atoms with Crippen LogP contribution in [0, 0.1) is 5.82 Å². The van der Waals surface area contributed by atoms with Crippen molar-refractivity contribution in [2.24, 2.45) is 0 Å². The van der Waals surface area contributed by atoms with Crippen LogP contribution in [0.3, 0.4) is 0 Å². The van der Waals surface area contributed by atoms with Gasteiger partial charge in [0.15, 0.2) is 0 Å². The molecular formula is C31H32FN3O2. The summed E-state index contributed by atoms with van der Waals surface area (Å²) < 4.78 is 21.6. The van der Waals surface area contributed by atoms with Crippen molar-refractivity contribution in [1.29, 1.82) is 0 Å². The molecule has 190 valence electrons. The molecule has 1 saturated heterocycles. The van der Waals surface area contributed by atoms with Crippen LogP contribution in [-0.2, 0) is 24.3 Å². The van der Waals surface area contributed by atoms with Crippen molar-refractivity contribution in [1.82, 2.24) is 14.5 Å². The highest BCUT2D eigenvalue weighted by Gasteiger charge is 2.33. The number of rotatable bonds is 11. The number of aromatic nitrogens is 2. The summed E-state index contributed by atoms with van der Waals surface area (Å²) in [4.78, 5) is 19.7. The maximum Gasteiger partial charge on any atom is 0.223 e. The molecule has 1 aliphatic rings. The Bertz CT molecular complexity index is 1380. The Balaban J connectivity index is 1.25. The number of hydrogen-bond acceptors (Lipinski definition) is 3. The number of halogens is 1. The third-order valence-electron chi connectivity index (χ3n) is 6.92. The second-order valence-electron chi connectivity index (χ2n) is 9.57. The van der Waals surface area contributed by atoms with Gasteiger partial charge in [-0.2, -0.15) is 0 Å². The summed E-state index contributed by atoms with van der Waals surface area (Å²) >= 11 is 0. The summed E-state index contributed by atoms with van der Waals surface area (Å²) in [6.45, 7) is 6.39. The average Bonchev–Trinajstić information content (AvgIpc) is 3.46. The SMILES string of the molecule is C=CCc1ccccc1OCCCCn1c(C2CC(=O)N(Cc3ccc(F)cc3)C2)nc2ccccc21. The molecule has 1 aliphatic heterocycles. The van der Waals surface area contributed by atoms with Crippen LogP contribution >= 0.6 is 0 Å². The van der Waals surface area contributed by atoms with Crippen LogP contribution in [-0.4, -0.2) is 33.5 Å². The molecule has 1 fully saturated rings. The van der Waals surface area contributed by atoms with Crippen molar-refractivity contribution < 1.29 is 13.9 Å². The highest BCUT2D eigenvalue weighted by Crippen LogP contribution is 2.31. The van der Waals surface area contributed by atoms with E-state index in [2.05, 4.69) is 23.3 Å². The highest BCUT2D eigenvalue weighted by atomic mass is 19.1. The van der Waals surface area contributed by atoms with E-state index >= 15 is 0 Å². The molecule has 0 aliphatic carbocycles. The van der Waals surface area contributed by atoms with E-state index in [0.29, 0.717) is 26.1 Å². The fourth-order valence-corrected chi connectivity index (χ4v) is 5.07. The first-order valence-corrected chi connectivity index (χ1v) is 12.9. The Morgan fingerprint density at radius 2 is 1.81 bits per heavy atom. The van der Waals surface area contributed by atoms with Gasteiger partial charge >= 0.3 is 0 Å². The number of unbranched alkanes of at least 4 members (excludes halogenated alkanes) is 1. The number of nitrogens with zero attached hydrogens (tertiary/aromatic N) is 3. The first kappa shape index (κ1) is 24.8. The maximum atomic E-state index is 13.3. The predicted molar refractivity (Wildman–Crippen MR) is 144 cm³/mol. The fourth-order valence-electron chi connectivity index (χ4n) is 5.07. The zero-order valence-electron chi connectivity index (χ0n) is 21.0. The van der Waals surface area contributed by atoms with Gasteiger partial charge in [0.1, 0.15) is 17.4 Å². The number of carbonyl (C=O) groups is 1. The van der Waals surface area contributed by atoms with Crippen LogP contribution in [0.5, 0.6) is 5.75 Å². The molecule has 2 heterocycles. The number of benzene rings is 3. The molecule has 4 aromatic rings. The van der Waals surface area contributed by atoms with Crippen molar-refractivity contribution >= 4 is 16.9 Å². The van der Waals surface area contributed by atoms with Gasteiger partial charge in [-0.3, -0.25) is 4.79 Å². The van der Waals surface area contributed by atoms with Gasteiger partial charge in [0, 0.05) is 32.0 Å². The standard InChI is InChI=1S/C31H32FN3O2/c1-2-9-24-10-3-6-13-29(24)37-19-8-7-18-35-28-12-5-4-11-27(28)33-31(35)25-20-30(36)34(22-25)21-23-14-16-26(32)17-15-23/h2-6,10-17,25H,1,7-9,18-22H2. The topological polar surface area (TPSA) is 47.4 Å². The van der Waals surface area contributed by atoms with Crippen LogP contribution in [0.15, 0.2) is 85.5 Å². The fraction of sp³-hybridized carbons (Fsp3) is 0.290. The minimum atomic E-state index is -0.269. The van der Waals surface area contributed by atoms with Gasteiger partial charge < -0.3 is 14.2 Å². The van der Waals surface area contributed by atoms with Gasteiger partial charge in [0.05, 0.1) is 17.6 Å². The first-order valence-electron chi connectivity index (χ1n) is 12.9. The predicted octanol–water partition coefficient (Wildman–Crippen LogP) is 6.28. The van der Waals surface area contributed by atoms with Crippen LogP contribution in [0.2, 0.25) is 0 Å². The van der Waals surface area contributed by atoms with Crippen LogP contribution < -0.4 is 4.74 Å². The highest BCUT2D eigenvalue weighted by molar-refractivity contribution is 5.81. The van der Waals surface area contributed by atoms with E-state index in [-0.39, 0.29) is 17.6 Å². The summed E-state index contributed by atoms with van der Waals surface area (Å²) in [6, 6.07) is 22.6. The summed E-state index contributed by atoms with van der Waals surface area (Å²) in [5.41, 5.74) is 4.13. The molecule has 6 heteroatoms. The number of hydrogen-bond donors (Lipinski definition) is 0. The lowest BCUT2D eigenvalue weighted by atomic mass is 10.1. The molecule has 0 radical (unpaired) electrons. The Morgan fingerprint density at radius 3 is 2.65 bits per heavy atom. The third kappa shape index (κ3) is 5.74. The zero-order valence-corrected chi connectivity index (χ0v) is 21.0. The maximum absolute atomic E-state index is 13.3. The molecule has 0 saturated carbocycles. The normalized spacial score (nSPS) is 15.4. The van der Waals surface area contributed by atoms with E-state index in [1.807, 2.05) is 47.4 Å². The van der Waals surface area contributed by atoms with Crippen molar-refractivity contribution in [2.45, 2.75) is 44.7 Å². The molecular weight excluding hydrogens is 465 g/mol. The van der Waals surface area contributed by atoms with Gasteiger partial charge in [-0.25, -0.2) is 9.37 Å². The quantitative estimate of drug-likeness (QED) is 0.181. The van der Waals surface area contributed by atoms with Gasteiger partial charge in [-0.05, 0) is 60.7 Å². The van der Waals surface area contributed by atoms with E-state index in [0.717, 1.165) is 59.5 Å². The van der Waals surface area contributed by atoms with Crippen LogP contribution in [0.1, 0.15) is 42.1 Å². The molecule has 1 unspecified atom stereocenters. The Kier molecular flexibility index (Phi) is 7.64. The second-order valence-corrected chi connectivity index (χ2v) is 9.57. The lowest BCUT2D eigenvalue weighted by Gasteiger charge is -2.17. The number of likely N-dealkylation sites (tertiary alicyclic amines) is 1. The Morgan fingerprint density at radius 1 is 1.03 bits per heavy atom. The number of aryl methyl sites for hydroxylation is 1. The number of carbonyl (C=O) groups excluding carboxylic acids is 1. The molecule has 1 atom stereocenters. The Hall–Kier alpha value is -3.93. The molecule has 5 rings (SSSR count). The van der Waals surface area contributed by atoms with Gasteiger partial charge in [0.25, 0.3) is 0 Å². The van der Waals surface area contributed by atoms with Gasteiger partial charge in [-0.15, -0.1) is 6.58 Å². The smallest absolute Gasteiger partial charge is 0.223 e. The largest absolute Gasteiger partial charge is 0.493 e. The lowest BCUT2D eigenvalue weighted by molar-refractivity contribution is -0.128. The first-order chi connectivity index (χ1) is 18.1. The minimum Gasteiger partial charge on any atom is -0.493 e. The van der Waals surface area contributed by atoms with Gasteiger partial charge in [-0.1, -0.05) is 48.5 Å². The number of ether oxygens (including phenoxy) is 1. The van der Waals surface area contributed by atoms with Crippen molar-refractivity contribution in [3.63, 3.8) is 0 Å². The minimum absolute atomic E-state index is 0.0300. The summed E-state index contributed by atoms with van der Waals surface area (Å²) in [7, 11) is 0. The number of para-hydroxylation sites is 3. The van der Waals surface area contributed by atoms with Crippen molar-refractivity contribution in [3.05, 3.63) is 108 Å². The molecule has 1 amide bonds. The summed E-state index contributed by atoms with van der Waals surface area (Å²) in [5.74, 6) is 1.76. The van der Waals surface area contributed by atoms with Crippen molar-refractivity contribution in [3.8, 4) is 5.75 Å². The molecule has 0 spiro atoms. The summed E-state index contributed by atoms with van der Waals surface area (Å²) in [6.07, 6.45) is 4.97. The molecule has 37 heavy (non-hydrogen) atoms. The van der Waals surface area contributed by atoms with E-state index in [1.54, 1.807) is 12.1 Å². The van der Waals surface area contributed by atoms with E-state index in [1.165, 1.54) is 12.1 Å². The lowest BCUT2D eigenvalue weighted by Crippen LogP contribution is -2.24. The van der Waals surface area contributed by atoms with E-state index < -0.39 is 0 Å². The molecule has 3 aromatic carbocycles. The second kappa shape index (κ2) is 11.4. The van der Waals surface area contributed by atoms with E-state index in [9.17, 15) is 9.18 Å². The van der Waals surface area contributed by atoms with Crippen molar-refractivity contribution in [2.75, 3.05) is 13.2 Å². The number of amides is 1. The third-order valence-corrected chi connectivity index (χ3v) is 6.92. The number of imidazole rings is 1. The van der Waals surface area contributed by atoms with Crippen LogP contribution in [0.25, 0.3) is 11.0 Å². The van der Waals surface area contributed by atoms with Crippen LogP contribution in [0.4, 0.5) is 4.39 Å². The molecule has 0 N–H and O–H groups in total. The summed E-state index contributed by atoms with van der Waals surface area (Å²) in [5, 5.41) is 0.